The molecule has 1 fully saturated rings. The first kappa shape index (κ1) is 12.7. The first-order chi connectivity index (χ1) is 7.86. The van der Waals surface area contributed by atoms with Gasteiger partial charge < -0.3 is 15.6 Å². The van der Waals surface area contributed by atoms with Crippen LogP contribution >= 0.6 is 0 Å². The number of aromatic amines is 1. The van der Waals surface area contributed by atoms with Crippen molar-refractivity contribution < 1.29 is 0 Å². The third-order valence-electron chi connectivity index (χ3n) is 3.43. The Hall–Kier alpha value is -0.800. The molecule has 1 aromatic heterocycles. The molecule has 0 unspecified atom stereocenters. The molecule has 1 saturated heterocycles. The van der Waals surface area contributed by atoms with E-state index in [9.17, 15) is 0 Å². The van der Waals surface area contributed by atoms with Crippen molar-refractivity contribution in [3.63, 3.8) is 0 Å². The molecule has 0 bridgehead atoms. The topological polar surface area (TPSA) is 39.9 Å². The van der Waals surface area contributed by atoms with Gasteiger partial charge in [-0.05, 0) is 52.7 Å². The Morgan fingerprint density at radius 3 is 2.41 bits per heavy atom. The second-order valence-electron chi connectivity index (χ2n) is 6.57. The van der Waals surface area contributed by atoms with Crippen molar-refractivity contribution in [1.29, 1.82) is 0 Å². The zero-order valence-electron chi connectivity index (χ0n) is 11.4. The minimum atomic E-state index is 0.217. The molecule has 0 spiro atoms. The second-order valence-corrected chi connectivity index (χ2v) is 6.57. The summed E-state index contributed by atoms with van der Waals surface area (Å²) in [4.78, 5) is 3.24. The highest BCUT2D eigenvalue weighted by molar-refractivity contribution is 5.05. The molecule has 1 aliphatic rings. The van der Waals surface area contributed by atoms with E-state index in [1.54, 1.807) is 0 Å². The molecule has 3 nitrogen and oxygen atoms in total. The van der Waals surface area contributed by atoms with Gasteiger partial charge in [0.1, 0.15) is 0 Å². The maximum absolute atomic E-state index is 3.71. The fraction of sp³-hybridized carbons (Fsp3) is 0.714. The van der Waals surface area contributed by atoms with E-state index in [1.807, 2.05) is 12.3 Å². The molecule has 0 radical (unpaired) electrons. The van der Waals surface area contributed by atoms with Crippen LogP contribution in [0.3, 0.4) is 0 Å². The first-order valence-corrected chi connectivity index (χ1v) is 6.51. The number of nitrogens with one attached hydrogen (secondary N) is 3. The van der Waals surface area contributed by atoms with Crippen LogP contribution in [0.2, 0.25) is 0 Å². The van der Waals surface area contributed by atoms with Crippen LogP contribution in [0.15, 0.2) is 18.3 Å². The minimum absolute atomic E-state index is 0.217. The van der Waals surface area contributed by atoms with Gasteiger partial charge in [-0.2, -0.15) is 0 Å². The molecule has 2 rings (SSSR count). The molecular weight excluding hydrogens is 210 g/mol. The fourth-order valence-electron chi connectivity index (χ4n) is 3.20. The Kier molecular flexibility index (Phi) is 3.32. The largest absolute Gasteiger partial charge is 0.364 e. The van der Waals surface area contributed by atoms with Gasteiger partial charge in [0.2, 0.25) is 0 Å². The van der Waals surface area contributed by atoms with E-state index in [2.05, 4.69) is 49.4 Å². The third kappa shape index (κ3) is 3.58. The molecule has 0 atom stereocenters. The maximum atomic E-state index is 3.71. The van der Waals surface area contributed by atoms with Crippen LogP contribution in [0.1, 0.15) is 46.2 Å². The molecule has 3 N–H and O–H groups in total. The number of hydrogen-bond donors (Lipinski definition) is 3. The Balaban J connectivity index is 1.92. The highest BCUT2D eigenvalue weighted by Crippen LogP contribution is 2.28. The standard InChI is InChI=1S/C14H25N3/c1-13(2)8-12(9-14(3,4)17-13)16-10-11-6-5-7-15-11/h5-7,12,15-17H,8-10H2,1-4H3. The normalized spacial score (nSPS) is 23.8. The van der Waals surface area contributed by atoms with Gasteiger partial charge in [-0.3, -0.25) is 0 Å². The van der Waals surface area contributed by atoms with Crippen molar-refractivity contribution >= 4 is 0 Å². The maximum Gasteiger partial charge on any atom is 0.0359 e. The summed E-state index contributed by atoms with van der Waals surface area (Å²) < 4.78 is 0. The molecule has 0 amide bonds. The van der Waals surface area contributed by atoms with Crippen molar-refractivity contribution in [3.05, 3.63) is 24.0 Å². The van der Waals surface area contributed by atoms with E-state index in [0.717, 1.165) is 6.54 Å². The van der Waals surface area contributed by atoms with Crippen LogP contribution in [-0.2, 0) is 6.54 Å². The molecule has 0 aliphatic carbocycles. The predicted octanol–water partition coefficient (Wildman–Crippen LogP) is 2.41. The number of aromatic nitrogens is 1. The van der Waals surface area contributed by atoms with Crippen molar-refractivity contribution in [2.24, 2.45) is 0 Å². The van der Waals surface area contributed by atoms with E-state index in [4.69, 9.17) is 0 Å². The summed E-state index contributed by atoms with van der Waals surface area (Å²) in [5.74, 6) is 0. The summed E-state index contributed by atoms with van der Waals surface area (Å²) in [7, 11) is 0. The Labute approximate surface area is 104 Å². The summed E-state index contributed by atoms with van der Waals surface area (Å²) in [6.07, 6.45) is 4.33. The molecule has 17 heavy (non-hydrogen) atoms. The third-order valence-corrected chi connectivity index (χ3v) is 3.43. The smallest absolute Gasteiger partial charge is 0.0359 e. The summed E-state index contributed by atoms with van der Waals surface area (Å²) in [5, 5.41) is 7.37. The highest BCUT2D eigenvalue weighted by Gasteiger charge is 2.37. The number of rotatable bonds is 3. The van der Waals surface area contributed by atoms with E-state index in [1.165, 1.54) is 18.5 Å². The lowest BCUT2D eigenvalue weighted by molar-refractivity contribution is 0.145. The van der Waals surface area contributed by atoms with E-state index < -0.39 is 0 Å². The molecule has 1 aliphatic heterocycles. The van der Waals surface area contributed by atoms with E-state index >= 15 is 0 Å². The monoisotopic (exact) mass is 235 g/mol. The van der Waals surface area contributed by atoms with Crippen LogP contribution in [0, 0.1) is 0 Å². The zero-order valence-corrected chi connectivity index (χ0v) is 11.4. The van der Waals surface area contributed by atoms with Crippen molar-refractivity contribution in [3.8, 4) is 0 Å². The van der Waals surface area contributed by atoms with Crippen molar-refractivity contribution in [2.75, 3.05) is 0 Å². The SMILES string of the molecule is CC1(C)CC(NCc2ccc[nH]2)CC(C)(C)N1. The Morgan fingerprint density at radius 2 is 1.88 bits per heavy atom. The lowest BCUT2D eigenvalue weighted by atomic mass is 9.79. The van der Waals surface area contributed by atoms with Gasteiger partial charge in [0.15, 0.2) is 0 Å². The van der Waals surface area contributed by atoms with Gasteiger partial charge in [-0.1, -0.05) is 0 Å². The molecule has 0 saturated carbocycles. The average Bonchev–Trinajstić information content (AvgIpc) is 2.61. The number of piperidine rings is 1. The van der Waals surface area contributed by atoms with Crippen LogP contribution in [0.25, 0.3) is 0 Å². The number of hydrogen-bond acceptors (Lipinski definition) is 2. The highest BCUT2D eigenvalue weighted by atomic mass is 15.1. The molecule has 0 aromatic carbocycles. The van der Waals surface area contributed by atoms with Crippen LogP contribution in [-0.4, -0.2) is 22.1 Å². The Morgan fingerprint density at radius 1 is 1.24 bits per heavy atom. The predicted molar refractivity (Wildman–Crippen MR) is 71.9 cm³/mol. The average molecular weight is 235 g/mol. The quantitative estimate of drug-likeness (QED) is 0.753. The summed E-state index contributed by atoms with van der Waals surface area (Å²) in [6, 6.07) is 4.77. The molecule has 3 heteroatoms. The lowest BCUT2D eigenvalue weighted by Gasteiger charge is -2.46. The summed E-state index contributed by atoms with van der Waals surface area (Å²) >= 11 is 0. The fourth-order valence-corrected chi connectivity index (χ4v) is 3.20. The Bertz CT molecular complexity index is 336. The number of H-pyrrole nitrogens is 1. The molecular formula is C14H25N3. The van der Waals surface area contributed by atoms with Gasteiger partial charge in [0, 0.05) is 35.6 Å². The van der Waals surface area contributed by atoms with Gasteiger partial charge in [-0.25, -0.2) is 0 Å². The zero-order chi connectivity index (χ0) is 12.5. The molecule has 1 aromatic rings. The second kappa shape index (κ2) is 4.46. The van der Waals surface area contributed by atoms with Crippen molar-refractivity contribution in [2.45, 2.75) is 64.2 Å². The van der Waals surface area contributed by atoms with Crippen LogP contribution < -0.4 is 10.6 Å². The van der Waals surface area contributed by atoms with Crippen LogP contribution in [0.4, 0.5) is 0 Å². The summed E-state index contributed by atoms with van der Waals surface area (Å²) in [6.45, 7) is 10.1. The minimum Gasteiger partial charge on any atom is -0.364 e. The van der Waals surface area contributed by atoms with Crippen molar-refractivity contribution in [1.82, 2.24) is 15.6 Å². The van der Waals surface area contributed by atoms with E-state index in [-0.39, 0.29) is 11.1 Å². The van der Waals surface area contributed by atoms with Gasteiger partial charge >= 0.3 is 0 Å². The van der Waals surface area contributed by atoms with Crippen LogP contribution in [0.5, 0.6) is 0 Å². The summed E-state index contributed by atoms with van der Waals surface area (Å²) in [5.41, 5.74) is 1.70. The van der Waals surface area contributed by atoms with Gasteiger partial charge in [-0.15, -0.1) is 0 Å². The van der Waals surface area contributed by atoms with Gasteiger partial charge in [0.05, 0.1) is 0 Å². The van der Waals surface area contributed by atoms with Gasteiger partial charge in [0.25, 0.3) is 0 Å². The molecule has 2 heterocycles. The van der Waals surface area contributed by atoms with E-state index in [0.29, 0.717) is 6.04 Å². The first-order valence-electron chi connectivity index (χ1n) is 6.51. The lowest BCUT2D eigenvalue weighted by Crippen LogP contribution is -2.61. The molecule has 96 valence electrons.